The minimum Gasteiger partial charge on any atom is -0.369 e. The van der Waals surface area contributed by atoms with Gasteiger partial charge in [0.25, 0.3) is 0 Å². The lowest BCUT2D eigenvalue weighted by atomic mass is 10.1. The molecule has 0 N–H and O–H groups in total. The van der Waals surface area contributed by atoms with E-state index in [0.717, 1.165) is 31.9 Å². The minimum atomic E-state index is -4.48. The Morgan fingerprint density at radius 2 is 2.05 bits per heavy atom. The van der Waals surface area contributed by atoms with Crippen LogP contribution in [0.3, 0.4) is 0 Å². The molecule has 19 heavy (non-hydrogen) atoms. The van der Waals surface area contributed by atoms with E-state index in [1.807, 2.05) is 11.8 Å². The molecule has 1 fully saturated rings. The van der Waals surface area contributed by atoms with Crippen LogP contribution in [0.25, 0.3) is 0 Å². The zero-order chi connectivity index (χ0) is 14.0. The smallest absolute Gasteiger partial charge is 0.369 e. The van der Waals surface area contributed by atoms with E-state index in [0.29, 0.717) is 11.7 Å². The summed E-state index contributed by atoms with van der Waals surface area (Å²) in [6.45, 7) is 2.75. The van der Waals surface area contributed by atoms with Gasteiger partial charge in [-0.3, -0.25) is 0 Å². The summed E-state index contributed by atoms with van der Waals surface area (Å²) in [6.07, 6.45) is -1.54. The van der Waals surface area contributed by atoms with E-state index in [1.54, 1.807) is 12.1 Å². The Kier molecular flexibility index (Phi) is 3.70. The fraction of sp³-hybridized carbons (Fsp3) is 0.500. The van der Waals surface area contributed by atoms with Crippen molar-refractivity contribution < 1.29 is 13.2 Å². The van der Waals surface area contributed by atoms with E-state index in [9.17, 15) is 13.2 Å². The highest BCUT2D eigenvalue weighted by atomic mass is 19.4. The van der Waals surface area contributed by atoms with Gasteiger partial charge >= 0.3 is 6.18 Å². The predicted molar refractivity (Wildman–Crippen MR) is 66.8 cm³/mol. The van der Waals surface area contributed by atoms with Gasteiger partial charge in [-0.2, -0.15) is 18.4 Å². The average molecular weight is 268 g/mol. The van der Waals surface area contributed by atoms with Crippen molar-refractivity contribution in [1.82, 2.24) is 0 Å². The third-order valence-corrected chi connectivity index (χ3v) is 3.21. The monoisotopic (exact) mass is 268 g/mol. The van der Waals surface area contributed by atoms with Gasteiger partial charge in [-0.15, -0.1) is 0 Å². The quantitative estimate of drug-likeness (QED) is 0.826. The Hall–Kier alpha value is -1.70. The summed E-state index contributed by atoms with van der Waals surface area (Å²) in [5.41, 5.74) is -0.589. The van der Waals surface area contributed by atoms with Crippen molar-refractivity contribution in [1.29, 1.82) is 5.26 Å². The zero-order valence-electron chi connectivity index (χ0n) is 10.7. The Morgan fingerprint density at radius 3 is 2.53 bits per heavy atom. The van der Waals surface area contributed by atoms with Crippen LogP contribution in [0.1, 0.15) is 37.3 Å². The Bertz CT molecular complexity index is 498. The van der Waals surface area contributed by atoms with Crippen molar-refractivity contribution in [2.24, 2.45) is 0 Å². The molecule has 1 saturated carbocycles. The molecule has 0 atom stereocenters. The molecule has 0 unspecified atom stereocenters. The highest BCUT2D eigenvalue weighted by Crippen LogP contribution is 2.37. The lowest BCUT2D eigenvalue weighted by molar-refractivity contribution is -0.137. The Balaban J connectivity index is 2.39. The number of rotatable bonds is 4. The molecule has 0 aromatic heterocycles. The van der Waals surface area contributed by atoms with Crippen LogP contribution in [0.2, 0.25) is 0 Å². The third kappa shape index (κ3) is 3.01. The largest absolute Gasteiger partial charge is 0.417 e. The van der Waals surface area contributed by atoms with Gasteiger partial charge in [0.05, 0.1) is 17.2 Å². The molecule has 5 heteroatoms. The van der Waals surface area contributed by atoms with Crippen molar-refractivity contribution in [3.63, 3.8) is 0 Å². The molecule has 0 bridgehead atoms. The second-order valence-corrected chi connectivity index (χ2v) is 4.76. The van der Waals surface area contributed by atoms with Gasteiger partial charge in [-0.1, -0.05) is 6.92 Å². The van der Waals surface area contributed by atoms with Gasteiger partial charge in [-0.25, -0.2) is 0 Å². The van der Waals surface area contributed by atoms with E-state index in [1.165, 1.54) is 6.07 Å². The highest BCUT2D eigenvalue weighted by Gasteiger charge is 2.35. The van der Waals surface area contributed by atoms with Gasteiger partial charge in [0.2, 0.25) is 0 Å². The van der Waals surface area contributed by atoms with E-state index in [2.05, 4.69) is 0 Å². The van der Waals surface area contributed by atoms with E-state index < -0.39 is 11.7 Å². The number of halogens is 3. The normalized spacial score (nSPS) is 15.1. The fourth-order valence-electron chi connectivity index (χ4n) is 2.19. The van der Waals surface area contributed by atoms with Crippen molar-refractivity contribution in [2.45, 2.75) is 38.4 Å². The van der Waals surface area contributed by atoms with Crippen LogP contribution in [0, 0.1) is 11.3 Å². The second-order valence-electron chi connectivity index (χ2n) is 4.76. The number of alkyl halides is 3. The summed E-state index contributed by atoms with van der Waals surface area (Å²) >= 11 is 0. The number of hydrogen-bond acceptors (Lipinski definition) is 2. The topological polar surface area (TPSA) is 27.0 Å². The number of anilines is 1. The first kappa shape index (κ1) is 13.7. The fourth-order valence-corrected chi connectivity index (χ4v) is 2.19. The van der Waals surface area contributed by atoms with E-state index in [4.69, 9.17) is 5.26 Å². The van der Waals surface area contributed by atoms with Crippen molar-refractivity contribution in [3.8, 4) is 6.07 Å². The van der Waals surface area contributed by atoms with Crippen LogP contribution in [-0.2, 0) is 6.18 Å². The molecule has 0 aliphatic heterocycles. The number of nitrogens with zero attached hydrogens (tertiary/aromatic N) is 2. The molecule has 0 heterocycles. The molecular weight excluding hydrogens is 253 g/mol. The molecule has 1 aromatic carbocycles. The summed E-state index contributed by atoms with van der Waals surface area (Å²) < 4.78 is 38.7. The third-order valence-electron chi connectivity index (χ3n) is 3.21. The predicted octanol–water partition coefficient (Wildman–Crippen LogP) is 3.96. The standard InChI is InChI=1S/C14H15F3N2/c1-2-7-19(11-5-6-11)12-4-3-10(9-18)13(8-12)14(15,16)17/h3-4,8,11H,2,5-7H2,1H3. The van der Waals surface area contributed by atoms with Crippen LogP contribution in [0.15, 0.2) is 18.2 Å². The molecule has 1 aliphatic carbocycles. The Morgan fingerprint density at radius 1 is 1.37 bits per heavy atom. The summed E-state index contributed by atoms with van der Waals surface area (Å²) in [5.74, 6) is 0. The second kappa shape index (κ2) is 5.12. The zero-order valence-corrected chi connectivity index (χ0v) is 10.7. The first-order chi connectivity index (χ1) is 8.97. The maximum absolute atomic E-state index is 12.9. The molecule has 0 amide bonds. The lowest BCUT2D eigenvalue weighted by Crippen LogP contribution is -2.26. The summed E-state index contributed by atoms with van der Waals surface area (Å²) in [4.78, 5) is 2.01. The summed E-state index contributed by atoms with van der Waals surface area (Å²) in [6, 6.07) is 5.95. The van der Waals surface area contributed by atoms with E-state index >= 15 is 0 Å². The van der Waals surface area contributed by atoms with Crippen molar-refractivity contribution >= 4 is 5.69 Å². The highest BCUT2D eigenvalue weighted by molar-refractivity contribution is 5.56. The molecule has 1 aliphatic rings. The molecule has 2 rings (SSSR count). The van der Waals surface area contributed by atoms with Crippen LogP contribution < -0.4 is 4.90 Å². The van der Waals surface area contributed by atoms with Crippen LogP contribution in [0.4, 0.5) is 18.9 Å². The number of hydrogen-bond donors (Lipinski definition) is 0. The molecule has 2 nitrogen and oxygen atoms in total. The summed E-state index contributed by atoms with van der Waals surface area (Å²) in [7, 11) is 0. The van der Waals surface area contributed by atoms with Crippen LogP contribution in [0.5, 0.6) is 0 Å². The van der Waals surface area contributed by atoms with Gasteiger partial charge in [-0.05, 0) is 37.5 Å². The Labute approximate surface area is 110 Å². The van der Waals surface area contributed by atoms with Gasteiger partial charge in [0.1, 0.15) is 0 Å². The number of nitriles is 1. The first-order valence-corrected chi connectivity index (χ1v) is 6.35. The molecular formula is C14H15F3N2. The average Bonchev–Trinajstić information content (AvgIpc) is 3.18. The minimum absolute atomic E-state index is 0.316. The van der Waals surface area contributed by atoms with Crippen molar-refractivity contribution in [3.05, 3.63) is 29.3 Å². The molecule has 1 aromatic rings. The van der Waals surface area contributed by atoms with Crippen molar-refractivity contribution in [2.75, 3.05) is 11.4 Å². The summed E-state index contributed by atoms with van der Waals surface area (Å²) in [5, 5.41) is 8.77. The molecule has 0 spiro atoms. The maximum atomic E-state index is 12.9. The van der Waals surface area contributed by atoms with E-state index in [-0.39, 0.29) is 5.56 Å². The van der Waals surface area contributed by atoms with Crippen LogP contribution in [-0.4, -0.2) is 12.6 Å². The molecule has 0 saturated heterocycles. The van der Waals surface area contributed by atoms with Gasteiger partial charge in [0, 0.05) is 18.3 Å². The van der Waals surface area contributed by atoms with Gasteiger partial charge < -0.3 is 4.90 Å². The maximum Gasteiger partial charge on any atom is 0.417 e. The van der Waals surface area contributed by atoms with Crippen LogP contribution >= 0.6 is 0 Å². The van der Waals surface area contributed by atoms with Gasteiger partial charge in [0.15, 0.2) is 0 Å². The molecule has 102 valence electrons. The molecule has 0 radical (unpaired) electrons. The SMILES string of the molecule is CCCN(c1ccc(C#N)c(C(F)(F)F)c1)C1CC1. The number of benzene rings is 1. The lowest BCUT2D eigenvalue weighted by Gasteiger charge is -2.25. The first-order valence-electron chi connectivity index (χ1n) is 6.35.